The molecule has 1 aliphatic heterocycles. The molecule has 1 aromatic heterocycles. The second kappa shape index (κ2) is 8.69. The van der Waals surface area contributed by atoms with Gasteiger partial charge in [0.2, 0.25) is 10.0 Å². The highest BCUT2D eigenvalue weighted by Gasteiger charge is 2.31. The summed E-state index contributed by atoms with van der Waals surface area (Å²) < 4.78 is 27.4. The van der Waals surface area contributed by atoms with Gasteiger partial charge in [0.05, 0.1) is 16.8 Å². The fourth-order valence-electron chi connectivity index (χ4n) is 3.04. The van der Waals surface area contributed by atoms with Crippen LogP contribution in [0.1, 0.15) is 36.5 Å². The molecule has 146 valence electrons. The van der Waals surface area contributed by atoms with Crippen molar-refractivity contribution in [3.63, 3.8) is 0 Å². The van der Waals surface area contributed by atoms with E-state index in [1.54, 1.807) is 24.3 Å². The number of nitrogens with two attached hydrogens (primary N) is 1. The molecule has 1 amide bonds. The van der Waals surface area contributed by atoms with Gasteiger partial charge in [-0.05, 0) is 50.1 Å². The summed E-state index contributed by atoms with van der Waals surface area (Å²) >= 11 is 0. The lowest BCUT2D eigenvalue weighted by molar-refractivity contribution is 0.102. The van der Waals surface area contributed by atoms with Gasteiger partial charge in [-0.3, -0.25) is 4.79 Å². The van der Waals surface area contributed by atoms with Gasteiger partial charge in [-0.15, -0.1) is 12.4 Å². The molecule has 1 aliphatic rings. The van der Waals surface area contributed by atoms with Crippen molar-refractivity contribution in [3.8, 4) is 0 Å². The molecule has 1 saturated heterocycles. The van der Waals surface area contributed by atoms with E-state index in [1.807, 2.05) is 6.92 Å². The highest BCUT2D eigenvalue weighted by Crippen LogP contribution is 2.25. The number of nitrogens with zero attached hydrogens (tertiary/aromatic N) is 2. The number of hydrogen-bond donors (Lipinski definition) is 2. The number of rotatable bonds is 4. The lowest BCUT2D eigenvalue weighted by Gasteiger charge is -2.32. The van der Waals surface area contributed by atoms with E-state index in [9.17, 15) is 13.2 Å². The topological polar surface area (TPSA) is 105 Å². The minimum Gasteiger partial charge on any atom is -0.384 e. The number of benzene rings is 1. The van der Waals surface area contributed by atoms with Crippen molar-refractivity contribution < 1.29 is 13.2 Å². The van der Waals surface area contributed by atoms with Crippen LogP contribution in [0.4, 0.5) is 11.5 Å². The van der Waals surface area contributed by atoms with Gasteiger partial charge in [-0.25, -0.2) is 13.4 Å². The third kappa shape index (κ3) is 4.77. The van der Waals surface area contributed by atoms with Gasteiger partial charge >= 0.3 is 0 Å². The summed E-state index contributed by atoms with van der Waals surface area (Å²) in [6.07, 6.45) is 4.19. The first kappa shape index (κ1) is 21.1. The Labute approximate surface area is 165 Å². The number of aromatic nitrogens is 1. The molecule has 0 radical (unpaired) electrons. The van der Waals surface area contributed by atoms with Crippen LogP contribution < -0.4 is 11.1 Å². The minimum atomic E-state index is -3.62. The van der Waals surface area contributed by atoms with Crippen LogP contribution in [-0.2, 0) is 10.0 Å². The molecule has 1 atom stereocenters. The Kier molecular flexibility index (Phi) is 6.80. The first-order valence-corrected chi connectivity index (χ1v) is 9.97. The molecular formula is C18H23ClN4O3S. The summed E-state index contributed by atoms with van der Waals surface area (Å²) in [7, 11) is -3.62. The van der Waals surface area contributed by atoms with Crippen molar-refractivity contribution in [2.75, 3.05) is 17.6 Å². The van der Waals surface area contributed by atoms with Crippen LogP contribution in [0.5, 0.6) is 0 Å². The van der Waals surface area contributed by atoms with Crippen molar-refractivity contribution >= 4 is 39.8 Å². The molecule has 0 aliphatic carbocycles. The average Bonchev–Trinajstić information content (AvgIpc) is 2.64. The van der Waals surface area contributed by atoms with Crippen LogP contribution in [-0.4, -0.2) is 36.2 Å². The van der Waals surface area contributed by atoms with Crippen LogP contribution in [0.15, 0.2) is 47.5 Å². The van der Waals surface area contributed by atoms with Gasteiger partial charge < -0.3 is 11.1 Å². The molecular weight excluding hydrogens is 388 g/mol. The van der Waals surface area contributed by atoms with Gasteiger partial charge in [-0.1, -0.05) is 12.5 Å². The van der Waals surface area contributed by atoms with Crippen molar-refractivity contribution in [1.29, 1.82) is 0 Å². The largest absolute Gasteiger partial charge is 0.384 e. The van der Waals surface area contributed by atoms with Crippen molar-refractivity contribution in [2.45, 2.75) is 37.1 Å². The number of nitrogen functional groups attached to an aromatic ring is 1. The summed E-state index contributed by atoms with van der Waals surface area (Å²) in [5.74, 6) is -0.0490. The Morgan fingerprint density at radius 3 is 2.70 bits per heavy atom. The second-order valence-electron chi connectivity index (χ2n) is 6.41. The Morgan fingerprint density at radius 1 is 1.26 bits per heavy atom. The average molecular weight is 411 g/mol. The van der Waals surface area contributed by atoms with Crippen molar-refractivity contribution in [1.82, 2.24) is 9.29 Å². The normalized spacial score (nSPS) is 17.7. The molecule has 7 nitrogen and oxygen atoms in total. The van der Waals surface area contributed by atoms with E-state index in [2.05, 4.69) is 10.3 Å². The number of anilines is 2. The van der Waals surface area contributed by atoms with E-state index < -0.39 is 15.9 Å². The zero-order chi connectivity index (χ0) is 18.7. The van der Waals surface area contributed by atoms with E-state index in [-0.39, 0.29) is 28.9 Å². The third-order valence-electron chi connectivity index (χ3n) is 4.49. The quantitative estimate of drug-likeness (QED) is 0.806. The van der Waals surface area contributed by atoms with E-state index in [0.29, 0.717) is 18.1 Å². The zero-order valence-electron chi connectivity index (χ0n) is 15.0. The van der Waals surface area contributed by atoms with Crippen LogP contribution in [0, 0.1) is 0 Å². The highest BCUT2D eigenvalue weighted by molar-refractivity contribution is 7.89. The summed E-state index contributed by atoms with van der Waals surface area (Å²) in [6.45, 7) is 2.43. The highest BCUT2D eigenvalue weighted by atomic mass is 35.5. The zero-order valence-corrected chi connectivity index (χ0v) is 16.6. The molecule has 9 heteroatoms. The molecule has 0 saturated carbocycles. The number of halogens is 1. The fraction of sp³-hybridized carbons (Fsp3) is 0.333. The Balaban J connectivity index is 0.00000261. The molecule has 1 unspecified atom stereocenters. The third-order valence-corrected chi connectivity index (χ3v) is 6.50. The number of sulfonamides is 1. The maximum atomic E-state index is 12.9. The molecule has 2 aromatic rings. The predicted octanol–water partition coefficient (Wildman–Crippen LogP) is 2.90. The van der Waals surface area contributed by atoms with Gasteiger partial charge in [0, 0.05) is 18.2 Å². The molecule has 3 N–H and O–H groups in total. The van der Waals surface area contributed by atoms with Gasteiger partial charge in [-0.2, -0.15) is 4.31 Å². The smallest absolute Gasteiger partial charge is 0.255 e. The summed E-state index contributed by atoms with van der Waals surface area (Å²) in [5.41, 5.74) is 6.28. The predicted molar refractivity (Wildman–Crippen MR) is 107 cm³/mol. The number of hydrogen-bond acceptors (Lipinski definition) is 5. The first-order valence-electron chi connectivity index (χ1n) is 8.53. The number of carbonyl (C=O) groups excluding carboxylic acids is 1. The monoisotopic (exact) mass is 410 g/mol. The van der Waals surface area contributed by atoms with E-state index in [0.717, 1.165) is 19.3 Å². The lowest BCUT2D eigenvalue weighted by atomic mass is 10.1. The summed E-state index contributed by atoms with van der Waals surface area (Å²) in [5, 5.41) is 2.69. The SMILES string of the molecule is CC1CCCCN1S(=O)(=O)c1cccc(C(=O)Nc2ccc(N)nc2)c1.Cl. The van der Waals surface area contributed by atoms with Crippen LogP contribution >= 0.6 is 12.4 Å². The fourth-order valence-corrected chi connectivity index (χ4v) is 4.79. The van der Waals surface area contributed by atoms with Crippen LogP contribution in [0.2, 0.25) is 0 Å². The maximum absolute atomic E-state index is 12.9. The molecule has 3 rings (SSSR count). The lowest BCUT2D eigenvalue weighted by Crippen LogP contribution is -2.41. The number of pyridine rings is 1. The molecule has 0 spiro atoms. The Morgan fingerprint density at radius 2 is 2.04 bits per heavy atom. The van der Waals surface area contributed by atoms with Crippen LogP contribution in [0.3, 0.4) is 0 Å². The standard InChI is InChI=1S/C18H22N4O3S.ClH/c1-13-5-2-3-10-22(13)26(24,25)16-7-4-6-14(11-16)18(23)21-15-8-9-17(19)20-12-15;/h4,6-9,11-13H,2-3,5,10H2,1H3,(H2,19,20)(H,21,23);1H. The van der Waals surface area contributed by atoms with Gasteiger partial charge in [0.1, 0.15) is 5.82 Å². The summed E-state index contributed by atoms with van der Waals surface area (Å²) in [6, 6.07) is 9.28. The van der Waals surface area contributed by atoms with E-state index in [4.69, 9.17) is 5.73 Å². The number of nitrogens with one attached hydrogen (secondary N) is 1. The number of carbonyl (C=O) groups is 1. The molecule has 2 heterocycles. The van der Waals surface area contributed by atoms with E-state index in [1.165, 1.54) is 22.6 Å². The van der Waals surface area contributed by atoms with Crippen molar-refractivity contribution in [3.05, 3.63) is 48.2 Å². The Hall–Kier alpha value is -2.16. The summed E-state index contributed by atoms with van der Waals surface area (Å²) in [4.78, 5) is 16.5. The molecule has 0 bridgehead atoms. The number of piperidine rings is 1. The second-order valence-corrected chi connectivity index (χ2v) is 8.30. The molecule has 1 aromatic carbocycles. The van der Waals surface area contributed by atoms with Crippen molar-refractivity contribution in [2.24, 2.45) is 0 Å². The van der Waals surface area contributed by atoms with Gasteiger partial charge in [0.25, 0.3) is 5.91 Å². The van der Waals surface area contributed by atoms with Gasteiger partial charge in [0.15, 0.2) is 0 Å². The first-order chi connectivity index (χ1) is 12.4. The minimum absolute atomic E-state index is 0. The maximum Gasteiger partial charge on any atom is 0.255 e. The Bertz CT molecular complexity index is 903. The molecule has 27 heavy (non-hydrogen) atoms. The number of amides is 1. The van der Waals surface area contributed by atoms with E-state index >= 15 is 0 Å². The molecule has 1 fully saturated rings. The van der Waals surface area contributed by atoms with Crippen LogP contribution in [0.25, 0.3) is 0 Å².